The number of hydrogen-bond donors (Lipinski definition) is 2. The lowest BCUT2D eigenvalue weighted by Crippen LogP contribution is -2.26. The van der Waals surface area contributed by atoms with Crippen molar-refractivity contribution in [2.24, 2.45) is 0 Å². The average molecular weight is 178 g/mol. The summed E-state index contributed by atoms with van der Waals surface area (Å²) in [5.41, 5.74) is 0.0473. The monoisotopic (exact) mass is 177 g/mol. The van der Waals surface area contributed by atoms with Crippen LogP contribution in [0, 0.1) is 5.41 Å². The molecule has 0 aromatic carbocycles. The fourth-order valence-corrected chi connectivity index (χ4v) is 1.03. The Morgan fingerprint density at radius 3 is 2.60 bits per heavy atom. The number of rotatable bonds is 0. The maximum atomic E-state index is 7.19. The normalized spacial score (nSPS) is 9.80. The second kappa shape index (κ2) is 2.52. The van der Waals surface area contributed by atoms with E-state index in [0.29, 0.717) is 5.02 Å². The predicted octanol–water partition coefficient (Wildman–Crippen LogP) is 0.988. The van der Waals surface area contributed by atoms with Gasteiger partial charge in [0.15, 0.2) is 5.49 Å². The summed E-state index contributed by atoms with van der Waals surface area (Å²) >= 11 is 11.1. The predicted molar refractivity (Wildman–Crippen MR) is 40.5 cm³/mol. The number of nitrogens with one attached hydrogen (secondary N) is 1. The third-order valence-corrected chi connectivity index (χ3v) is 1.51. The number of pyridine rings is 1. The molecule has 1 aromatic heterocycles. The minimum absolute atomic E-state index is 0.0473. The fraction of sp³-hybridized carbons (Fsp3) is 0. The molecule has 10 heavy (non-hydrogen) atoms. The molecule has 3 N–H and O–H groups in total. The molecule has 3 nitrogen and oxygen atoms in total. The highest BCUT2D eigenvalue weighted by Crippen LogP contribution is 2.09. The molecular weight excluding hydrogens is 173 g/mol. The Morgan fingerprint density at radius 1 is 1.50 bits per heavy atom. The third kappa shape index (κ3) is 1.25. The van der Waals surface area contributed by atoms with Crippen molar-refractivity contribution in [1.82, 2.24) is 4.68 Å². The molecule has 0 atom stereocenters. The molecule has 0 fully saturated rings. The van der Waals surface area contributed by atoms with Gasteiger partial charge in [-0.05, 0) is 6.07 Å². The highest BCUT2D eigenvalue weighted by molar-refractivity contribution is 6.34. The van der Waals surface area contributed by atoms with Crippen LogP contribution < -0.4 is 11.3 Å². The van der Waals surface area contributed by atoms with Crippen molar-refractivity contribution >= 4 is 23.2 Å². The maximum Gasteiger partial charge on any atom is 0.162 e. The van der Waals surface area contributed by atoms with Crippen molar-refractivity contribution < 1.29 is 0 Å². The fourth-order valence-electron chi connectivity index (χ4n) is 0.547. The van der Waals surface area contributed by atoms with Gasteiger partial charge in [-0.1, -0.05) is 23.2 Å². The van der Waals surface area contributed by atoms with E-state index in [2.05, 4.69) is 0 Å². The van der Waals surface area contributed by atoms with Gasteiger partial charge in [0, 0.05) is 6.20 Å². The largest absolute Gasteiger partial charge is 0.338 e. The molecule has 1 rings (SSSR count). The third-order valence-electron chi connectivity index (χ3n) is 1.01. The van der Waals surface area contributed by atoms with E-state index in [9.17, 15) is 0 Å². The molecule has 0 aliphatic carbocycles. The summed E-state index contributed by atoms with van der Waals surface area (Å²) in [6, 6.07) is 1.47. The molecule has 0 spiro atoms. The Bertz CT molecular complexity index is 278. The molecule has 0 unspecified atom stereocenters. The summed E-state index contributed by atoms with van der Waals surface area (Å²) in [5, 5.41) is 7.85. The first-order valence-corrected chi connectivity index (χ1v) is 3.24. The number of aromatic nitrogens is 1. The zero-order chi connectivity index (χ0) is 7.72. The highest BCUT2D eigenvalue weighted by Gasteiger charge is 1.95. The summed E-state index contributed by atoms with van der Waals surface area (Å²) in [4.78, 5) is 0. The van der Waals surface area contributed by atoms with Crippen LogP contribution in [0.15, 0.2) is 12.3 Å². The number of nitrogen functional groups attached to an aromatic ring is 1. The molecule has 0 bridgehead atoms. The van der Waals surface area contributed by atoms with E-state index >= 15 is 0 Å². The van der Waals surface area contributed by atoms with Gasteiger partial charge in [0.05, 0.1) is 10.0 Å². The molecule has 54 valence electrons. The summed E-state index contributed by atoms with van der Waals surface area (Å²) in [7, 11) is 0. The van der Waals surface area contributed by atoms with Gasteiger partial charge in [0.1, 0.15) is 0 Å². The van der Waals surface area contributed by atoms with E-state index in [1.807, 2.05) is 0 Å². The van der Waals surface area contributed by atoms with Crippen molar-refractivity contribution in [2.75, 3.05) is 5.84 Å². The Hall–Kier alpha value is -0.670. The zero-order valence-corrected chi connectivity index (χ0v) is 6.45. The second-order valence-electron chi connectivity index (χ2n) is 1.76. The van der Waals surface area contributed by atoms with E-state index in [0.717, 1.165) is 4.68 Å². The van der Waals surface area contributed by atoms with Crippen LogP contribution in [0.25, 0.3) is 0 Å². The summed E-state index contributed by atoms with van der Waals surface area (Å²) in [6.07, 6.45) is 1.41. The smallest absolute Gasteiger partial charge is 0.162 e. The van der Waals surface area contributed by atoms with Crippen LogP contribution in [0.1, 0.15) is 0 Å². The number of hydrogen-bond acceptors (Lipinski definition) is 2. The molecule has 1 aromatic rings. The van der Waals surface area contributed by atoms with E-state index in [1.165, 1.54) is 12.3 Å². The van der Waals surface area contributed by atoms with E-state index in [4.69, 9.17) is 34.5 Å². The minimum Gasteiger partial charge on any atom is -0.338 e. The van der Waals surface area contributed by atoms with Crippen molar-refractivity contribution in [3.05, 3.63) is 27.8 Å². The SMILES string of the molecule is N=c1c(Cl)cc(Cl)cn1N. The van der Waals surface area contributed by atoms with Crippen molar-refractivity contribution in [1.29, 1.82) is 5.41 Å². The first-order valence-electron chi connectivity index (χ1n) is 2.48. The second-order valence-corrected chi connectivity index (χ2v) is 2.61. The van der Waals surface area contributed by atoms with Crippen LogP contribution in [-0.4, -0.2) is 4.68 Å². The molecular formula is C5H5Cl2N3. The van der Waals surface area contributed by atoms with Crippen LogP contribution in [0.2, 0.25) is 10.0 Å². The minimum atomic E-state index is 0.0473. The Labute approximate surface area is 67.5 Å². The van der Waals surface area contributed by atoms with Crippen LogP contribution in [0.3, 0.4) is 0 Å². The van der Waals surface area contributed by atoms with E-state index in [1.54, 1.807) is 0 Å². The first-order chi connectivity index (χ1) is 4.61. The van der Waals surface area contributed by atoms with Crippen molar-refractivity contribution in [2.45, 2.75) is 0 Å². The van der Waals surface area contributed by atoms with Crippen molar-refractivity contribution in [3.8, 4) is 0 Å². The number of halogens is 2. The molecule has 5 heteroatoms. The first kappa shape index (κ1) is 7.44. The maximum absolute atomic E-state index is 7.19. The van der Waals surface area contributed by atoms with Gasteiger partial charge in [0.25, 0.3) is 0 Å². The number of nitrogens with zero attached hydrogens (tertiary/aromatic N) is 1. The lowest BCUT2D eigenvalue weighted by Gasteiger charge is -1.99. The lowest BCUT2D eigenvalue weighted by atomic mass is 10.5. The Morgan fingerprint density at radius 2 is 2.10 bits per heavy atom. The summed E-state index contributed by atoms with van der Waals surface area (Å²) < 4.78 is 1.06. The molecule has 1 heterocycles. The van der Waals surface area contributed by atoms with Gasteiger partial charge in [0.2, 0.25) is 0 Å². The molecule has 0 saturated heterocycles. The molecule has 0 saturated carbocycles. The standard InChI is InChI=1S/C5H5Cl2N3/c6-3-1-4(7)5(8)10(9)2-3/h1-2,8H,9H2. The van der Waals surface area contributed by atoms with Crippen LogP contribution >= 0.6 is 23.2 Å². The highest BCUT2D eigenvalue weighted by atomic mass is 35.5. The van der Waals surface area contributed by atoms with E-state index < -0.39 is 0 Å². The van der Waals surface area contributed by atoms with Gasteiger partial charge in [-0.2, -0.15) is 0 Å². The molecule has 0 radical (unpaired) electrons. The average Bonchev–Trinajstić information content (AvgIpc) is 1.82. The molecule has 0 amide bonds. The van der Waals surface area contributed by atoms with Gasteiger partial charge >= 0.3 is 0 Å². The Kier molecular flexibility index (Phi) is 1.87. The van der Waals surface area contributed by atoms with Crippen LogP contribution in [0.4, 0.5) is 0 Å². The van der Waals surface area contributed by atoms with Crippen LogP contribution in [0.5, 0.6) is 0 Å². The van der Waals surface area contributed by atoms with Crippen molar-refractivity contribution in [3.63, 3.8) is 0 Å². The number of nitrogens with two attached hydrogens (primary N) is 1. The quantitative estimate of drug-likeness (QED) is 0.571. The van der Waals surface area contributed by atoms with E-state index in [-0.39, 0.29) is 10.5 Å². The summed E-state index contributed by atoms with van der Waals surface area (Å²) in [5.74, 6) is 5.28. The molecule has 0 aliphatic heterocycles. The zero-order valence-electron chi connectivity index (χ0n) is 4.94. The van der Waals surface area contributed by atoms with Gasteiger partial charge in [-0.25, -0.2) is 0 Å². The molecule has 0 aliphatic rings. The van der Waals surface area contributed by atoms with Gasteiger partial charge in [-0.3, -0.25) is 10.1 Å². The van der Waals surface area contributed by atoms with Gasteiger partial charge in [-0.15, -0.1) is 0 Å². The van der Waals surface area contributed by atoms with Gasteiger partial charge < -0.3 is 5.84 Å². The van der Waals surface area contributed by atoms with Crippen LogP contribution in [-0.2, 0) is 0 Å². The lowest BCUT2D eigenvalue weighted by molar-refractivity contribution is 0.881. The summed E-state index contributed by atoms with van der Waals surface area (Å²) in [6.45, 7) is 0. The Balaban J connectivity index is 3.46. The topological polar surface area (TPSA) is 54.8 Å².